The van der Waals surface area contributed by atoms with Gasteiger partial charge in [-0.05, 0) is 44.0 Å². The van der Waals surface area contributed by atoms with E-state index in [4.69, 9.17) is 0 Å². The number of aliphatic hydroxyl groups excluding tert-OH is 1. The molecule has 1 aromatic heterocycles. The number of nitrogens with one attached hydrogen (secondary N) is 1. The number of pyridine rings is 1. The van der Waals surface area contributed by atoms with Crippen LogP contribution in [0.3, 0.4) is 0 Å². The Hall–Kier alpha value is -1.04. The van der Waals surface area contributed by atoms with Crippen molar-refractivity contribution in [3.63, 3.8) is 0 Å². The molecule has 0 radical (unpaired) electrons. The summed E-state index contributed by atoms with van der Waals surface area (Å²) in [5.74, 6) is -0.00253. The highest BCUT2D eigenvalue weighted by Crippen LogP contribution is 2.19. The molecule has 1 saturated heterocycles. The molecule has 1 fully saturated rings. The van der Waals surface area contributed by atoms with E-state index in [9.17, 15) is 9.50 Å². The largest absolute Gasteiger partial charge is 0.390 e. The van der Waals surface area contributed by atoms with Crippen LogP contribution in [-0.4, -0.2) is 47.3 Å². The molecule has 1 aliphatic rings. The van der Waals surface area contributed by atoms with E-state index in [1.807, 2.05) is 0 Å². The van der Waals surface area contributed by atoms with Gasteiger partial charge in [-0.2, -0.15) is 0 Å². The van der Waals surface area contributed by atoms with Crippen LogP contribution in [0.4, 0.5) is 4.39 Å². The number of aromatic nitrogens is 1. The topological polar surface area (TPSA) is 48.4 Å². The van der Waals surface area contributed by atoms with Gasteiger partial charge in [0.25, 0.3) is 0 Å². The van der Waals surface area contributed by atoms with E-state index in [0.29, 0.717) is 19.0 Å². The molecular weight excluding hydrogens is 269 g/mol. The van der Waals surface area contributed by atoms with Crippen molar-refractivity contribution in [3.05, 3.63) is 29.8 Å². The third-order valence-electron chi connectivity index (χ3n) is 3.98. The molecule has 2 unspecified atom stereocenters. The average Bonchev–Trinajstić information content (AvgIpc) is 2.93. The third kappa shape index (κ3) is 5.02. The van der Waals surface area contributed by atoms with Gasteiger partial charge in [0.1, 0.15) is 5.82 Å². The van der Waals surface area contributed by atoms with Crippen LogP contribution in [0.2, 0.25) is 0 Å². The second kappa shape index (κ2) is 7.82. The molecule has 1 aliphatic heterocycles. The summed E-state index contributed by atoms with van der Waals surface area (Å²) >= 11 is 0. The number of hydrogen-bond donors (Lipinski definition) is 2. The van der Waals surface area contributed by atoms with Crippen molar-refractivity contribution in [1.82, 2.24) is 15.2 Å². The van der Waals surface area contributed by atoms with Gasteiger partial charge >= 0.3 is 0 Å². The third-order valence-corrected chi connectivity index (χ3v) is 3.98. The van der Waals surface area contributed by atoms with Gasteiger partial charge in [-0.15, -0.1) is 0 Å². The predicted octanol–water partition coefficient (Wildman–Crippen LogP) is 1.96. The van der Waals surface area contributed by atoms with E-state index in [0.717, 1.165) is 18.8 Å². The fourth-order valence-electron chi connectivity index (χ4n) is 2.84. The van der Waals surface area contributed by atoms with Crippen LogP contribution in [0.1, 0.15) is 38.4 Å². The maximum absolute atomic E-state index is 13.0. The van der Waals surface area contributed by atoms with E-state index in [1.165, 1.54) is 25.1 Å². The van der Waals surface area contributed by atoms with Crippen LogP contribution in [0.25, 0.3) is 0 Å². The molecule has 2 N–H and O–H groups in total. The molecule has 0 saturated carbocycles. The first kappa shape index (κ1) is 16.3. The molecule has 2 rings (SSSR count). The number of halogens is 1. The van der Waals surface area contributed by atoms with Crippen molar-refractivity contribution in [2.75, 3.05) is 26.2 Å². The smallest absolute Gasteiger partial charge is 0.141 e. The summed E-state index contributed by atoms with van der Waals surface area (Å²) in [6.45, 7) is 7.60. The average molecular weight is 295 g/mol. The fraction of sp³-hybridized carbons (Fsp3) is 0.688. The first-order valence-corrected chi connectivity index (χ1v) is 7.81. The van der Waals surface area contributed by atoms with Gasteiger partial charge in [-0.3, -0.25) is 4.98 Å². The maximum atomic E-state index is 13.0. The summed E-state index contributed by atoms with van der Waals surface area (Å²) in [6.07, 6.45) is 3.32. The molecule has 5 heteroatoms. The summed E-state index contributed by atoms with van der Waals surface area (Å²) in [6, 6.07) is 3.17. The monoisotopic (exact) mass is 295 g/mol. The normalized spacial score (nSPS) is 19.1. The number of nitrogens with zero attached hydrogens (tertiary/aromatic N) is 2. The molecular formula is C16H26FN3O. The highest BCUT2D eigenvalue weighted by Gasteiger charge is 2.20. The minimum Gasteiger partial charge on any atom is -0.390 e. The van der Waals surface area contributed by atoms with E-state index in [-0.39, 0.29) is 18.0 Å². The van der Waals surface area contributed by atoms with Crippen LogP contribution in [0.5, 0.6) is 0 Å². The lowest BCUT2D eigenvalue weighted by molar-refractivity contribution is 0.118. The van der Waals surface area contributed by atoms with Gasteiger partial charge in [0, 0.05) is 13.1 Å². The predicted molar refractivity (Wildman–Crippen MR) is 81.5 cm³/mol. The first-order valence-electron chi connectivity index (χ1n) is 7.81. The van der Waals surface area contributed by atoms with Gasteiger partial charge in [0.2, 0.25) is 0 Å². The molecule has 4 nitrogen and oxygen atoms in total. The summed E-state index contributed by atoms with van der Waals surface area (Å²) in [7, 11) is 0. The highest BCUT2D eigenvalue weighted by molar-refractivity contribution is 5.10. The number of β-amino-alcohol motifs (C(OH)–C–C–N with tert-alkyl or cyclic N) is 1. The van der Waals surface area contributed by atoms with Crippen LogP contribution in [-0.2, 0) is 0 Å². The van der Waals surface area contributed by atoms with Crippen molar-refractivity contribution in [2.24, 2.45) is 5.92 Å². The number of aliphatic hydroxyl groups is 1. The van der Waals surface area contributed by atoms with E-state index < -0.39 is 0 Å². The molecule has 118 valence electrons. The Bertz CT molecular complexity index is 418. The minimum absolute atomic E-state index is 0.0267. The molecule has 0 bridgehead atoms. The summed E-state index contributed by atoms with van der Waals surface area (Å²) in [5, 5.41) is 13.5. The standard InChI is InChI=1S/C16H26FN3O/c1-12(2)16(15-6-5-13(17)9-18-15)19-10-14(21)11-20-7-3-4-8-20/h5-6,9,12,14,16,19,21H,3-4,7-8,10-11H2,1-2H3. The molecule has 0 amide bonds. The van der Waals surface area contributed by atoms with E-state index >= 15 is 0 Å². The van der Waals surface area contributed by atoms with Gasteiger partial charge in [0.05, 0.1) is 24.0 Å². The quantitative estimate of drug-likeness (QED) is 0.807. The van der Waals surface area contributed by atoms with E-state index in [1.54, 1.807) is 6.07 Å². The Labute approximate surface area is 126 Å². The summed E-state index contributed by atoms with van der Waals surface area (Å²) in [5.41, 5.74) is 0.819. The zero-order chi connectivity index (χ0) is 15.2. The van der Waals surface area contributed by atoms with Crippen LogP contribution in [0, 0.1) is 11.7 Å². The van der Waals surface area contributed by atoms with Crippen molar-refractivity contribution < 1.29 is 9.50 Å². The molecule has 2 atom stereocenters. The second-order valence-corrected chi connectivity index (χ2v) is 6.19. The molecule has 2 heterocycles. The van der Waals surface area contributed by atoms with Crippen LogP contribution in [0.15, 0.2) is 18.3 Å². The maximum Gasteiger partial charge on any atom is 0.141 e. The van der Waals surface area contributed by atoms with Crippen molar-refractivity contribution in [1.29, 1.82) is 0 Å². The van der Waals surface area contributed by atoms with Crippen LogP contribution < -0.4 is 5.32 Å². The number of rotatable bonds is 7. The van der Waals surface area contributed by atoms with Gasteiger partial charge in [0.15, 0.2) is 0 Å². The van der Waals surface area contributed by atoms with Crippen molar-refractivity contribution in [3.8, 4) is 0 Å². The number of hydrogen-bond acceptors (Lipinski definition) is 4. The first-order chi connectivity index (χ1) is 10.1. The molecule has 0 aromatic carbocycles. The Balaban J connectivity index is 1.86. The van der Waals surface area contributed by atoms with Crippen molar-refractivity contribution in [2.45, 2.75) is 38.8 Å². The zero-order valence-electron chi connectivity index (χ0n) is 12.9. The Morgan fingerprint density at radius 3 is 2.62 bits per heavy atom. The summed E-state index contributed by atoms with van der Waals surface area (Å²) in [4.78, 5) is 6.45. The lowest BCUT2D eigenvalue weighted by Gasteiger charge is -2.25. The van der Waals surface area contributed by atoms with Gasteiger partial charge in [-0.25, -0.2) is 4.39 Å². The SMILES string of the molecule is CC(C)C(NCC(O)CN1CCCC1)c1ccc(F)cn1. The lowest BCUT2D eigenvalue weighted by Crippen LogP contribution is -2.39. The minimum atomic E-state index is -0.384. The Kier molecular flexibility index (Phi) is 6.08. The number of likely N-dealkylation sites (tertiary alicyclic amines) is 1. The second-order valence-electron chi connectivity index (χ2n) is 6.19. The Morgan fingerprint density at radius 2 is 2.05 bits per heavy atom. The van der Waals surface area contributed by atoms with Crippen molar-refractivity contribution >= 4 is 0 Å². The molecule has 1 aromatic rings. The molecule has 0 aliphatic carbocycles. The van der Waals surface area contributed by atoms with E-state index in [2.05, 4.69) is 29.0 Å². The zero-order valence-corrected chi connectivity index (χ0v) is 12.9. The summed E-state index contributed by atoms with van der Waals surface area (Å²) < 4.78 is 13.0. The fourth-order valence-corrected chi connectivity index (χ4v) is 2.84. The lowest BCUT2D eigenvalue weighted by atomic mass is 10.00. The molecule has 0 spiro atoms. The molecule has 21 heavy (non-hydrogen) atoms. The van der Waals surface area contributed by atoms with Gasteiger partial charge in [-0.1, -0.05) is 13.8 Å². The van der Waals surface area contributed by atoms with Crippen LogP contribution >= 0.6 is 0 Å². The van der Waals surface area contributed by atoms with Gasteiger partial charge < -0.3 is 15.3 Å². The Morgan fingerprint density at radius 1 is 1.33 bits per heavy atom. The highest BCUT2D eigenvalue weighted by atomic mass is 19.1.